The maximum Gasteiger partial charge on any atom is 0.0450 e. The Morgan fingerprint density at radius 3 is 2.63 bits per heavy atom. The van der Waals surface area contributed by atoms with Crippen LogP contribution in [0.3, 0.4) is 0 Å². The first-order valence-electron chi connectivity index (χ1n) is 7.80. The van der Waals surface area contributed by atoms with Gasteiger partial charge in [0.05, 0.1) is 0 Å². The number of benzene rings is 1. The summed E-state index contributed by atoms with van der Waals surface area (Å²) in [6.45, 7) is 5.82. The van der Waals surface area contributed by atoms with Gasteiger partial charge in [0.15, 0.2) is 0 Å². The van der Waals surface area contributed by atoms with Gasteiger partial charge in [0.1, 0.15) is 0 Å². The number of hydrogen-bond donors (Lipinski definition) is 1. The third-order valence-corrected chi connectivity index (χ3v) is 4.62. The topological polar surface area (TPSA) is 29.3 Å². The standard InChI is InChI=1S/C17H28N2/c1-3-16-12-8-5-9-13-19(16)14(2)17(18)15-10-6-4-7-11-15/h4,6-7,10-11,14,16-17H,3,5,8-9,12-13,18H2,1-2H3. The zero-order valence-corrected chi connectivity index (χ0v) is 12.4. The highest BCUT2D eigenvalue weighted by Gasteiger charge is 2.28. The van der Waals surface area contributed by atoms with Gasteiger partial charge in [0, 0.05) is 18.1 Å². The molecular weight excluding hydrogens is 232 g/mol. The molecule has 1 heterocycles. The molecule has 1 fully saturated rings. The molecule has 0 aromatic heterocycles. The van der Waals surface area contributed by atoms with E-state index in [-0.39, 0.29) is 6.04 Å². The average Bonchev–Trinajstić information content (AvgIpc) is 2.71. The van der Waals surface area contributed by atoms with Gasteiger partial charge in [-0.2, -0.15) is 0 Å². The lowest BCUT2D eigenvalue weighted by atomic mass is 9.97. The quantitative estimate of drug-likeness (QED) is 0.894. The van der Waals surface area contributed by atoms with Crippen molar-refractivity contribution in [3.8, 4) is 0 Å². The number of rotatable bonds is 4. The van der Waals surface area contributed by atoms with Gasteiger partial charge in [-0.1, -0.05) is 50.1 Å². The van der Waals surface area contributed by atoms with Crippen molar-refractivity contribution >= 4 is 0 Å². The molecule has 106 valence electrons. The van der Waals surface area contributed by atoms with E-state index in [4.69, 9.17) is 5.73 Å². The molecule has 2 N–H and O–H groups in total. The van der Waals surface area contributed by atoms with Gasteiger partial charge in [0.25, 0.3) is 0 Å². The molecular formula is C17H28N2. The van der Waals surface area contributed by atoms with Crippen LogP contribution >= 0.6 is 0 Å². The molecule has 0 aliphatic carbocycles. The van der Waals surface area contributed by atoms with Crippen molar-refractivity contribution in [2.75, 3.05) is 6.54 Å². The van der Waals surface area contributed by atoms with Crippen LogP contribution in [-0.4, -0.2) is 23.5 Å². The van der Waals surface area contributed by atoms with Gasteiger partial charge in [-0.3, -0.25) is 4.90 Å². The minimum atomic E-state index is 0.119. The van der Waals surface area contributed by atoms with Crippen LogP contribution in [0, 0.1) is 0 Å². The van der Waals surface area contributed by atoms with E-state index < -0.39 is 0 Å². The van der Waals surface area contributed by atoms with Gasteiger partial charge in [-0.25, -0.2) is 0 Å². The summed E-state index contributed by atoms with van der Waals surface area (Å²) >= 11 is 0. The summed E-state index contributed by atoms with van der Waals surface area (Å²) in [5.74, 6) is 0. The molecule has 1 aliphatic heterocycles. The van der Waals surface area contributed by atoms with E-state index in [9.17, 15) is 0 Å². The van der Waals surface area contributed by atoms with Gasteiger partial charge in [-0.15, -0.1) is 0 Å². The van der Waals surface area contributed by atoms with Gasteiger partial charge in [0.2, 0.25) is 0 Å². The molecule has 1 aromatic rings. The van der Waals surface area contributed by atoms with Crippen LogP contribution in [-0.2, 0) is 0 Å². The van der Waals surface area contributed by atoms with Crippen molar-refractivity contribution in [1.82, 2.24) is 4.90 Å². The number of nitrogens with zero attached hydrogens (tertiary/aromatic N) is 1. The molecule has 0 radical (unpaired) electrons. The van der Waals surface area contributed by atoms with Crippen molar-refractivity contribution in [2.24, 2.45) is 5.73 Å². The third-order valence-electron chi connectivity index (χ3n) is 4.62. The summed E-state index contributed by atoms with van der Waals surface area (Å²) in [5, 5.41) is 0. The lowest BCUT2D eigenvalue weighted by Crippen LogP contribution is -2.46. The normalized spacial score (nSPS) is 24.7. The summed E-state index contributed by atoms with van der Waals surface area (Å²) in [6.07, 6.45) is 6.65. The molecule has 0 spiro atoms. The van der Waals surface area contributed by atoms with Crippen molar-refractivity contribution in [2.45, 2.75) is 64.1 Å². The highest BCUT2D eigenvalue weighted by Crippen LogP contribution is 2.26. The van der Waals surface area contributed by atoms with E-state index in [1.807, 2.05) is 0 Å². The Balaban J connectivity index is 2.10. The Kier molecular flexibility index (Phi) is 5.41. The minimum absolute atomic E-state index is 0.119. The van der Waals surface area contributed by atoms with Gasteiger partial charge in [-0.05, 0) is 38.3 Å². The number of hydrogen-bond acceptors (Lipinski definition) is 2. The Bertz CT molecular complexity index is 363. The molecule has 2 heteroatoms. The fraction of sp³-hybridized carbons (Fsp3) is 0.647. The summed E-state index contributed by atoms with van der Waals surface area (Å²) in [6, 6.07) is 11.8. The van der Waals surface area contributed by atoms with Crippen molar-refractivity contribution in [1.29, 1.82) is 0 Å². The van der Waals surface area contributed by atoms with E-state index in [1.165, 1.54) is 44.2 Å². The molecule has 1 saturated heterocycles. The summed E-state index contributed by atoms with van der Waals surface area (Å²) < 4.78 is 0. The zero-order chi connectivity index (χ0) is 13.7. The largest absolute Gasteiger partial charge is 0.323 e. The van der Waals surface area contributed by atoms with E-state index in [2.05, 4.69) is 49.1 Å². The van der Waals surface area contributed by atoms with Crippen LogP contribution in [0.1, 0.15) is 57.6 Å². The van der Waals surface area contributed by atoms with Crippen LogP contribution in [0.5, 0.6) is 0 Å². The second-order valence-corrected chi connectivity index (χ2v) is 5.83. The Morgan fingerprint density at radius 1 is 1.21 bits per heavy atom. The summed E-state index contributed by atoms with van der Waals surface area (Å²) in [4.78, 5) is 2.66. The maximum atomic E-state index is 6.50. The van der Waals surface area contributed by atoms with Gasteiger partial charge >= 0.3 is 0 Å². The van der Waals surface area contributed by atoms with Gasteiger partial charge < -0.3 is 5.73 Å². The minimum Gasteiger partial charge on any atom is -0.323 e. The molecule has 0 saturated carbocycles. The first-order valence-corrected chi connectivity index (χ1v) is 7.80. The lowest BCUT2D eigenvalue weighted by molar-refractivity contribution is 0.124. The molecule has 0 amide bonds. The maximum absolute atomic E-state index is 6.50. The van der Waals surface area contributed by atoms with Crippen LogP contribution in [0.25, 0.3) is 0 Å². The summed E-state index contributed by atoms with van der Waals surface area (Å²) in [7, 11) is 0. The lowest BCUT2D eigenvalue weighted by Gasteiger charge is -2.38. The highest BCUT2D eigenvalue weighted by atomic mass is 15.2. The van der Waals surface area contributed by atoms with Crippen molar-refractivity contribution < 1.29 is 0 Å². The first-order chi connectivity index (χ1) is 9.24. The van der Waals surface area contributed by atoms with Crippen LogP contribution < -0.4 is 5.73 Å². The molecule has 0 bridgehead atoms. The van der Waals surface area contributed by atoms with E-state index in [1.54, 1.807) is 0 Å². The second kappa shape index (κ2) is 7.06. The Morgan fingerprint density at radius 2 is 1.95 bits per heavy atom. The second-order valence-electron chi connectivity index (χ2n) is 5.83. The predicted molar refractivity (Wildman–Crippen MR) is 82.1 cm³/mol. The van der Waals surface area contributed by atoms with Crippen LogP contribution in [0.4, 0.5) is 0 Å². The third kappa shape index (κ3) is 3.58. The van der Waals surface area contributed by atoms with Crippen molar-refractivity contribution in [3.05, 3.63) is 35.9 Å². The SMILES string of the molecule is CCC1CCCCCN1C(C)C(N)c1ccccc1. The van der Waals surface area contributed by atoms with E-state index in [0.29, 0.717) is 12.1 Å². The fourth-order valence-corrected chi connectivity index (χ4v) is 3.33. The molecule has 19 heavy (non-hydrogen) atoms. The van der Waals surface area contributed by atoms with E-state index in [0.717, 1.165) is 0 Å². The highest BCUT2D eigenvalue weighted by molar-refractivity contribution is 5.20. The predicted octanol–water partition coefficient (Wildman–Crippen LogP) is 3.73. The Hall–Kier alpha value is -0.860. The van der Waals surface area contributed by atoms with Crippen LogP contribution in [0.2, 0.25) is 0 Å². The zero-order valence-electron chi connectivity index (χ0n) is 12.4. The molecule has 1 aromatic carbocycles. The summed E-state index contributed by atoms with van der Waals surface area (Å²) in [5.41, 5.74) is 7.75. The van der Waals surface area contributed by atoms with Crippen LogP contribution in [0.15, 0.2) is 30.3 Å². The molecule has 3 unspecified atom stereocenters. The molecule has 3 atom stereocenters. The number of nitrogens with two attached hydrogens (primary N) is 1. The molecule has 1 aliphatic rings. The molecule has 2 nitrogen and oxygen atoms in total. The fourth-order valence-electron chi connectivity index (χ4n) is 3.33. The first kappa shape index (κ1) is 14.5. The van der Waals surface area contributed by atoms with Crippen molar-refractivity contribution in [3.63, 3.8) is 0 Å². The Labute approximate surface area is 118 Å². The van der Waals surface area contributed by atoms with E-state index >= 15 is 0 Å². The molecule has 2 rings (SSSR count). The monoisotopic (exact) mass is 260 g/mol. The average molecular weight is 260 g/mol. The smallest absolute Gasteiger partial charge is 0.0450 e. The number of likely N-dealkylation sites (tertiary alicyclic amines) is 1.